The van der Waals surface area contributed by atoms with Gasteiger partial charge in [-0.05, 0) is 42.7 Å². The van der Waals surface area contributed by atoms with Crippen molar-refractivity contribution in [2.75, 3.05) is 18.0 Å². The van der Waals surface area contributed by atoms with E-state index >= 15 is 0 Å². The summed E-state index contributed by atoms with van der Waals surface area (Å²) in [6.07, 6.45) is 3.51. The Balaban J connectivity index is 1.85. The molecule has 3 N–H and O–H groups in total. The predicted octanol–water partition coefficient (Wildman–Crippen LogP) is 5.30. The number of phenols is 1. The van der Waals surface area contributed by atoms with Gasteiger partial charge in [0.1, 0.15) is 23.5 Å². The molecule has 0 atom stereocenters. The maximum atomic E-state index is 14.2. The zero-order valence-corrected chi connectivity index (χ0v) is 18.7. The number of anilines is 1. The third-order valence-electron chi connectivity index (χ3n) is 6.60. The van der Waals surface area contributed by atoms with Crippen molar-refractivity contribution in [3.05, 3.63) is 71.9 Å². The van der Waals surface area contributed by atoms with E-state index in [-0.39, 0.29) is 17.4 Å². The van der Waals surface area contributed by atoms with E-state index in [1.54, 1.807) is 18.2 Å². The lowest BCUT2D eigenvalue weighted by Gasteiger charge is -2.34. The lowest BCUT2D eigenvalue weighted by Crippen LogP contribution is -2.40. The number of phenolic OH excluding ortho intramolecular Hbond substituents is 1. The van der Waals surface area contributed by atoms with Crippen LogP contribution in [0.15, 0.2) is 54.7 Å². The zero-order valence-electron chi connectivity index (χ0n) is 18.7. The molecule has 5 nitrogen and oxygen atoms in total. The average Bonchev–Trinajstić information content (AvgIpc) is 3.15. The molecular formula is C27H24F2N4O. The number of aromatic nitrogens is 1. The number of hydrogen-bond acceptors (Lipinski definition) is 4. The highest BCUT2D eigenvalue weighted by Gasteiger charge is 2.26. The van der Waals surface area contributed by atoms with Gasteiger partial charge in [-0.2, -0.15) is 5.26 Å². The molecule has 4 aromatic rings. The maximum absolute atomic E-state index is 14.2. The van der Waals surface area contributed by atoms with Crippen LogP contribution < -0.4 is 10.6 Å². The molecule has 7 heteroatoms. The fourth-order valence-electron chi connectivity index (χ4n) is 4.92. The summed E-state index contributed by atoms with van der Waals surface area (Å²) in [6.45, 7) is 1.40. The van der Waals surface area contributed by atoms with Gasteiger partial charge >= 0.3 is 0 Å². The Hall–Kier alpha value is -3.89. The number of nitrogens with zero attached hydrogens (tertiary/aromatic N) is 3. The van der Waals surface area contributed by atoms with Gasteiger partial charge < -0.3 is 20.3 Å². The first-order chi connectivity index (χ1) is 16.4. The molecule has 0 aliphatic carbocycles. The van der Waals surface area contributed by atoms with E-state index in [0.29, 0.717) is 29.8 Å². The normalized spacial score (nSPS) is 14.5. The molecule has 0 unspecified atom stereocenters. The van der Waals surface area contributed by atoms with E-state index in [0.717, 1.165) is 41.1 Å². The smallest absolute Gasteiger partial charge is 0.141 e. The molecule has 0 amide bonds. The van der Waals surface area contributed by atoms with Gasteiger partial charge in [-0.25, -0.2) is 8.78 Å². The molecule has 1 aliphatic rings. The van der Waals surface area contributed by atoms with Crippen molar-refractivity contribution in [1.29, 1.82) is 5.26 Å². The highest BCUT2D eigenvalue weighted by molar-refractivity contribution is 6.10. The van der Waals surface area contributed by atoms with Gasteiger partial charge in [0.25, 0.3) is 0 Å². The van der Waals surface area contributed by atoms with E-state index in [2.05, 4.69) is 4.90 Å². The van der Waals surface area contributed by atoms with Crippen molar-refractivity contribution in [1.82, 2.24) is 4.57 Å². The lowest BCUT2D eigenvalue weighted by molar-refractivity contribution is 0.475. The summed E-state index contributed by atoms with van der Waals surface area (Å²) in [5, 5.41) is 21.1. The fraction of sp³-hybridized carbons (Fsp3) is 0.222. The van der Waals surface area contributed by atoms with E-state index in [1.807, 2.05) is 36.0 Å². The number of hydrogen-bond donors (Lipinski definition) is 2. The molecule has 2 heterocycles. The van der Waals surface area contributed by atoms with E-state index < -0.39 is 11.6 Å². The fourth-order valence-corrected chi connectivity index (χ4v) is 4.92. The van der Waals surface area contributed by atoms with Gasteiger partial charge in [-0.3, -0.25) is 0 Å². The third kappa shape index (κ3) is 3.66. The van der Waals surface area contributed by atoms with Crippen molar-refractivity contribution >= 4 is 16.6 Å². The highest BCUT2D eigenvalue weighted by Crippen LogP contribution is 2.46. The van der Waals surface area contributed by atoms with Crippen LogP contribution in [0.25, 0.3) is 33.2 Å². The topological polar surface area (TPSA) is 78.2 Å². The number of rotatable bonds is 3. The second kappa shape index (κ2) is 8.47. The molecular weight excluding hydrogens is 434 g/mol. The van der Waals surface area contributed by atoms with Gasteiger partial charge in [-0.1, -0.05) is 18.2 Å². The molecule has 34 heavy (non-hydrogen) atoms. The predicted molar refractivity (Wildman–Crippen MR) is 130 cm³/mol. The Morgan fingerprint density at radius 2 is 1.71 bits per heavy atom. The monoisotopic (exact) mass is 458 g/mol. The first kappa shape index (κ1) is 21.9. The third-order valence-corrected chi connectivity index (χ3v) is 6.60. The van der Waals surface area contributed by atoms with E-state index in [4.69, 9.17) is 5.73 Å². The van der Waals surface area contributed by atoms with Crippen LogP contribution in [-0.2, 0) is 7.05 Å². The Labute approximate surface area is 196 Å². The van der Waals surface area contributed by atoms with Crippen LogP contribution in [0.5, 0.6) is 5.75 Å². The van der Waals surface area contributed by atoms with Crippen LogP contribution >= 0.6 is 0 Å². The summed E-state index contributed by atoms with van der Waals surface area (Å²) in [4.78, 5) is 2.21. The SMILES string of the molecule is Cn1cc(-c2cccc(C#N)c2O)c2c(N3CCC(N)CC3)c(-c3cc(F)cc(F)c3)ccc21. The second-order valence-corrected chi connectivity index (χ2v) is 8.81. The summed E-state index contributed by atoms with van der Waals surface area (Å²) in [6, 6.07) is 14.5. The van der Waals surface area contributed by atoms with Gasteiger partial charge in [0.15, 0.2) is 0 Å². The van der Waals surface area contributed by atoms with Gasteiger partial charge in [0.2, 0.25) is 0 Å². The first-order valence-corrected chi connectivity index (χ1v) is 11.2. The molecule has 0 radical (unpaired) electrons. The minimum Gasteiger partial charge on any atom is -0.506 e. The van der Waals surface area contributed by atoms with E-state index in [9.17, 15) is 19.1 Å². The lowest BCUT2D eigenvalue weighted by atomic mass is 9.93. The van der Waals surface area contributed by atoms with Crippen molar-refractivity contribution in [3.63, 3.8) is 0 Å². The van der Waals surface area contributed by atoms with Gasteiger partial charge in [-0.15, -0.1) is 0 Å². The molecule has 0 bridgehead atoms. The molecule has 1 fully saturated rings. The Morgan fingerprint density at radius 3 is 2.38 bits per heavy atom. The summed E-state index contributed by atoms with van der Waals surface area (Å²) >= 11 is 0. The van der Waals surface area contributed by atoms with Crippen LogP contribution in [0.4, 0.5) is 14.5 Å². The minimum absolute atomic E-state index is 0.0914. The van der Waals surface area contributed by atoms with Crippen molar-refractivity contribution in [2.45, 2.75) is 18.9 Å². The van der Waals surface area contributed by atoms with Crippen LogP contribution in [0.2, 0.25) is 0 Å². The van der Waals surface area contributed by atoms with Crippen LogP contribution in [0, 0.1) is 23.0 Å². The molecule has 1 aliphatic heterocycles. The zero-order chi connectivity index (χ0) is 24.0. The molecule has 172 valence electrons. The number of benzene rings is 3. The van der Waals surface area contributed by atoms with E-state index in [1.165, 1.54) is 12.1 Å². The molecule has 5 rings (SSSR count). The number of nitrogens with two attached hydrogens (primary N) is 1. The number of para-hydroxylation sites is 1. The molecule has 1 aromatic heterocycles. The second-order valence-electron chi connectivity index (χ2n) is 8.81. The van der Waals surface area contributed by atoms with Gasteiger partial charge in [0.05, 0.1) is 16.8 Å². The Kier molecular flexibility index (Phi) is 5.46. The largest absolute Gasteiger partial charge is 0.506 e. The maximum Gasteiger partial charge on any atom is 0.141 e. The number of aromatic hydroxyl groups is 1. The quantitative estimate of drug-likeness (QED) is 0.437. The first-order valence-electron chi connectivity index (χ1n) is 11.2. The Morgan fingerprint density at radius 1 is 1.00 bits per heavy atom. The standard InChI is InChI=1S/C27H24F2N4O/c1-32-15-23(22-4-2-3-16(14-30)27(22)34)25-24(32)6-5-21(17-11-18(28)13-19(29)12-17)26(25)33-9-7-20(31)8-10-33/h2-6,11-13,15,20,34H,7-10,31H2,1H3. The summed E-state index contributed by atoms with van der Waals surface area (Å²) in [5.41, 5.74) is 10.5. The summed E-state index contributed by atoms with van der Waals surface area (Å²) in [7, 11) is 1.91. The molecule has 0 saturated carbocycles. The number of halogens is 2. The van der Waals surface area contributed by atoms with Crippen LogP contribution in [0.3, 0.4) is 0 Å². The number of aryl methyl sites for hydroxylation is 1. The Bertz CT molecular complexity index is 1430. The summed E-state index contributed by atoms with van der Waals surface area (Å²) < 4.78 is 30.4. The number of nitriles is 1. The summed E-state index contributed by atoms with van der Waals surface area (Å²) in [5.74, 6) is -1.38. The van der Waals surface area contributed by atoms with Crippen LogP contribution in [-0.4, -0.2) is 28.8 Å². The van der Waals surface area contributed by atoms with Gasteiger partial charge in [0, 0.05) is 60.5 Å². The van der Waals surface area contributed by atoms with Crippen molar-refractivity contribution < 1.29 is 13.9 Å². The average molecular weight is 459 g/mol. The van der Waals surface area contributed by atoms with Crippen molar-refractivity contribution in [3.8, 4) is 34.1 Å². The highest BCUT2D eigenvalue weighted by atomic mass is 19.1. The van der Waals surface area contributed by atoms with Crippen LogP contribution in [0.1, 0.15) is 18.4 Å². The number of piperidine rings is 1. The molecule has 3 aromatic carbocycles. The van der Waals surface area contributed by atoms with Crippen molar-refractivity contribution in [2.24, 2.45) is 12.8 Å². The molecule has 0 spiro atoms. The number of fused-ring (bicyclic) bond motifs is 1. The molecule has 1 saturated heterocycles. The minimum atomic E-state index is -0.644.